The fourth-order valence-corrected chi connectivity index (χ4v) is 5.96. The molecule has 7 heteroatoms. The van der Waals surface area contributed by atoms with Crippen molar-refractivity contribution in [3.05, 3.63) is 60.7 Å². The minimum atomic E-state index is -4.85. The summed E-state index contributed by atoms with van der Waals surface area (Å²) in [5.74, 6) is 0. The van der Waals surface area contributed by atoms with Gasteiger partial charge in [-0.15, -0.1) is 0 Å². The van der Waals surface area contributed by atoms with E-state index in [4.69, 9.17) is 4.12 Å². The van der Waals surface area contributed by atoms with Crippen molar-refractivity contribution in [1.82, 2.24) is 0 Å². The number of rotatable bonds is 4. The lowest BCUT2D eigenvalue weighted by molar-refractivity contribution is 0.115. The van der Waals surface area contributed by atoms with Gasteiger partial charge in [0.15, 0.2) is 0 Å². The Labute approximate surface area is 112 Å². The Kier molecular flexibility index (Phi) is 3.97. The SMILES string of the molecule is O[Si](O)(O)O[Si](O)(c1ccccc1)c1ccccc1. The predicted octanol–water partition coefficient (Wildman–Crippen LogP) is -1.34. The molecule has 19 heavy (non-hydrogen) atoms. The van der Waals surface area contributed by atoms with E-state index >= 15 is 0 Å². The normalized spacial score (nSPS) is 12.4. The first-order valence-electron chi connectivity index (χ1n) is 5.62. The smallest absolute Gasteiger partial charge is 0.404 e. The lowest BCUT2D eigenvalue weighted by Crippen LogP contribution is -2.67. The van der Waals surface area contributed by atoms with Crippen molar-refractivity contribution < 1.29 is 23.3 Å². The van der Waals surface area contributed by atoms with E-state index in [9.17, 15) is 19.2 Å². The molecule has 4 N–H and O–H groups in total. The van der Waals surface area contributed by atoms with Crippen LogP contribution in [0, 0.1) is 0 Å². The Morgan fingerprint density at radius 1 is 0.632 bits per heavy atom. The molecular formula is C12H14O5Si2. The van der Waals surface area contributed by atoms with E-state index in [0.717, 1.165) is 0 Å². The average molecular weight is 294 g/mol. The highest BCUT2D eigenvalue weighted by Gasteiger charge is 2.48. The average Bonchev–Trinajstić information content (AvgIpc) is 2.39. The van der Waals surface area contributed by atoms with Crippen molar-refractivity contribution in [1.29, 1.82) is 0 Å². The third kappa shape index (κ3) is 3.36. The molecular weight excluding hydrogens is 280 g/mol. The van der Waals surface area contributed by atoms with Gasteiger partial charge in [-0.05, 0) is 10.4 Å². The maximum atomic E-state index is 10.8. The van der Waals surface area contributed by atoms with Crippen LogP contribution in [-0.4, -0.2) is 36.8 Å². The minimum Gasteiger partial charge on any atom is -0.404 e. The molecule has 0 unspecified atom stereocenters. The molecule has 0 saturated carbocycles. The van der Waals surface area contributed by atoms with Crippen LogP contribution < -0.4 is 10.4 Å². The maximum absolute atomic E-state index is 10.8. The van der Waals surface area contributed by atoms with Gasteiger partial charge in [0.2, 0.25) is 0 Å². The molecule has 0 fully saturated rings. The number of hydrogen-bond donors (Lipinski definition) is 4. The number of hydrogen-bond acceptors (Lipinski definition) is 5. The lowest BCUT2D eigenvalue weighted by atomic mass is 10.4. The van der Waals surface area contributed by atoms with E-state index in [1.807, 2.05) is 0 Å². The van der Waals surface area contributed by atoms with Crippen molar-refractivity contribution in [3.8, 4) is 0 Å². The molecule has 0 aliphatic rings. The fourth-order valence-electron chi connectivity index (χ4n) is 1.81. The second kappa shape index (κ2) is 5.35. The number of benzene rings is 2. The molecule has 0 bridgehead atoms. The molecule has 100 valence electrons. The standard InChI is InChI=1S/C12H14O5Si2/c13-18(17-19(14,15)16,11-7-3-1-4-8-11)12-9-5-2-6-10-12/h1-10,13-16H. The molecule has 0 aromatic heterocycles. The van der Waals surface area contributed by atoms with Gasteiger partial charge in [0.1, 0.15) is 0 Å². The van der Waals surface area contributed by atoms with Crippen LogP contribution in [0.3, 0.4) is 0 Å². The molecule has 0 atom stereocenters. The first kappa shape index (κ1) is 14.1. The first-order valence-corrected chi connectivity index (χ1v) is 9.23. The monoisotopic (exact) mass is 294 g/mol. The zero-order valence-corrected chi connectivity index (χ0v) is 12.0. The zero-order chi connectivity index (χ0) is 13.9. The Morgan fingerprint density at radius 2 is 1.00 bits per heavy atom. The molecule has 0 amide bonds. The Morgan fingerprint density at radius 3 is 1.32 bits per heavy atom. The van der Waals surface area contributed by atoms with Gasteiger partial charge >= 0.3 is 17.6 Å². The first-order chi connectivity index (χ1) is 8.92. The fraction of sp³-hybridized carbons (Fsp3) is 0. The summed E-state index contributed by atoms with van der Waals surface area (Å²) in [5.41, 5.74) is 0. The minimum absolute atomic E-state index is 0.426. The molecule has 0 aliphatic heterocycles. The quantitative estimate of drug-likeness (QED) is 0.524. The largest absolute Gasteiger partial charge is 0.662 e. The highest BCUT2D eigenvalue weighted by atomic mass is 28.5. The molecule has 0 heterocycles. The highest BCUT2D eigenvalue weighted by Crippen LogP contribution is 2.07. The molecule has 2 aromatic carbocycles. The van der Waals surface area contributed by atoms with Gasteiger partial charge in [-0.25, -0.2) is 0 Å². The molecule has 0 aliphatic carbocycles. The molecule has 2 aromatic rings. The Hall–Kier alpha value is -1.33. The van der Waals surface area contributed by atoms with Crippen LogP contribution in [0.5, 0.6) is 0 Å². The van der Waals surface area contributed by atoms with E-state index in [0.29, 0.717) is 10.4 Å². The lowest BCUT2D eigenvalue weighted by Gasteiger charge is -2.28. The van der Waals surface area contributed by atoms with Gasteiger partial charge in [-0.2, -0.15) is 0 Å². The second-order valence-electron chi connectivity index (χ2n) is 4.05. The van der Waals surface area contributed by atoms with Crippen LogP contribution in [0.2, 0.25) is 0 Å². The van der Waals surface area contributed by atoms with Gasteiger partial charge in [0, 0.05) is 0 Å². The van der Waals surface area contributed by atoms with E-state index in [2.05, 4.69) is 0 Å². The third-order valence-electron chi connectivity index (χ3n) is 2.61. The Bertz CT molecular complexity index is 487. The van der Waals surface area contributed by atoms with Crippen molar-refractivity contribution >= 4 is 28.0 Å². The van der Waals surface area contributed by atoms with Crippen molar-refractivity contribution in [2.45, 2.75) is 0 Å². The van der Waals surface area contributed by atoms with Crippen LogP contribution in [-0.2, 0) is 4.12 Å². The Balaban J connectivity index is 2.51. The van der Waals surface area contributed by atoms with Gasteiger partial charge in [0.05, 0.1) is 0 Å². The van der Waals surface area contributed by atoms with Crippen LogP contribution in [0.1, 0.15) is 0 Å². The topological polar surface area (TPSA) is 90.2 Å². The maximum Gasteiger partial charge on any atom is 0.662 e. The third-order valence-corrected chi connectivity index (χ3v) is 7.12. The van der Waals surface area contributed by atoms with Crippen LogP contribution in [0.4, 0.5) is 0 Å². The van der Waals surface area contributed by atoms with Gasteiger partial charge in [-0.1, -0.05) is 60.7 Å². The van der Waals surface area contributed by atoms with Crippen molar-refractivity contribution in [2.24, 2.45) is 0 Å². The van der Waals surface area contributed by atoms with Crippen molar-refractivity contribution in [2.75, 3.05) is 0 Å². The molecule has 0 spiro atoms. The summed E-state index contributed by atoms with van der Waals surface area (Å²) in [7, 11) is -8.67. The summed E-state index contributed by atoms with van der Waals surface area (Å²) in [4.78, 5) is 38.3. The van der Waals surface area contributed by atoms with Crippen molar-refractivity contribution in [3.63, 3.8) is 0 Å². The summed E-state index contributed by atoms with van der Waals surface area (Å²) in [6, 6.07) is 16.8. The van der Waals surface area contributed by atoms with Gasteiger partial charge < -0.3 is 23.3 Å². The molecule has 5 nitrogen and oxygen atoms in total. The summed E-state index contributed by atoms with van der Waals surface area (Å²) < 4.78 is 4.90. The second-order valence-corrected chi connectivity index (χ2v) is 8.46. The van der Waals surface area contributed by atoms with E-state index in [1.54, 1.807) is 60.7 Å². The van der Waals surface area contributed by atoms with E-state index in [1.165, 1.54) is 0 Å². The molecule has 0 radical (unpaired) electrons. The predicted molar refractivity (Wildman–Crippen MR) is 73.6 cm³/mol. The zero-order valence-electron chi connectivity index (χ0n) is 9.97. The van der Waals surface area contributed by atoms with Crippen LogP contribution in [0.25, 0.3) is 0 Å². The van der Waals surface area contributed by atoms with E-state index in [-0.39, 0.29) is 0 Å². The highest BCUT2D eigenvalue weighted by molar-refractivity contribution is 6.95. The summed E-state index contributed by atoms with van der Waals surface area (Å²) in [5, 5.41) is 0.852. The molecule has 0 saturated heterocycles. The van der Waals surface area contributed by atoms with Crippen LogP contribution >= 0.6 is 0 Å². The van der Waals surface area contributed by atoms with Crippen LogP contribution in [0.15, 0.2) is 60.7 Å². The van der Waals surface area contributed by atoms with Gasteiger partial charge in [0.25, 0.3) is 0 Å². The van der Waals surface area contributed by atoms with Gasteiger partial charge in [-0.3, -0.25) is 0 Å². The summed E-state index contributed by atoms with van der Waals surface area (Å²) >= 11 is 0. The van der Waals surface area contributed by atoms with E-state index < -0.39 is 17.6 Å². The summed E-state index contributed by atoms with van der Waals surface area (Å²) in [6.45, 7) is 0. The summed E-state index contributed by atoms with van der Waals surface area (Å²) in [6.07, 6.45) is 0. The molecule has 2 rings (SSSR count).